The van der Waals surface area contributed by atoms with Gasteiger partial charge in [0.15, 0.2) is 5.78 Å². The normalized spacial score (nSPS) is 18.6. The molecule has 3 aromatic rings. The van der Waals surface area contributed by atoms with E-state index in [9.17, 15) is 10.1 Å². The Morgan fingerprint density at radius 2 is 1.82 bits per heavy atom. The third kappa shape index (κ3) is 5.48. The number of benzene rings is 3. The number of rotatable bonds is 5. The molecule has 204 valence electrons. The average molecular weight is 633 g/mol. The maximum Gasteiger partial charge on any atom is 0.162 e. The third-order valence-corrected chi connectivity index (χ3v) is 9.50. The van der Waals surface area contributed by atoms with Gasteiger partial charge in [-0.3, -0.25) is 9.69 Å². The molecule has 0 bridgehead atoms. The van der Waals surface area contributed by atoms with E-state index in [0.717, 1.165) is 43.2 Å². The summed E-state index contributed by atoms with van der Waals surface area (Å²) in [7, 11) is 0. The number of aryl methyl sites for hydroxylation is 2. The number of hydrogen-bond acceptors (Lipinski definition) is 5. The summed E-state index contributed by atoms with van der Waals surface area (Å²) in [6.07, 6.45) is 1.11. The van der Waals surface area contributed by atoms with Gasteiger partial charge >= 0.3 is 0 Å². The van der Waals surface area contributed by atoms with Crippen molar-refractivity contribution in [3.8, 4) is 6.07 Å². The molecule has 1 unspecified atom stereocenters. The van der Waals surface area contributed by atoms with E-state index in [-0.39, 0.29) is 11.2 Å². The minimum Gasteiger partial charge on any atom is -0.384 e. The van der Waals surface area contributed by atoms with Crippen LogP contribution in [0.3, 0.4) is 0 Å². The third-order valence-electron chi connectivity index (χ3n) is 7.69. The molecule has 0 saturated carbocycles. The number of nitrogens with two attached hydrogens (primary N) is 1. The number of nitriles is 1. The van der Waals surface area contributed by atoms with Gasteiger partial charge in [0.25, 0.3) is 0 Å². The molecule has 0 fully saturated rings. The second kappa shape index (κ2) is 11.1. The van der Waals surface area contributed by atoms with Crippen LogP contribution in [0.1, 0.15) is 54.9 Å². The molecule has 4 nitrogen and oxygen atoms in total. The predicted octanol–water partition coefficient (Wildman–Crippen LogP) is 8.95. The molecule has 40 heavy (non-hydrogen) atoms. The van der Waals surface area contributed by atoms with Crippen LogP contribution in [0.15, 0.2) is 92.7 Å². The van der Waals surface area contributed by atoms with E-state index < -0.39 is 5.92 Å². The number of allylic oxidation sites excluding steroid dienone is 3. The molecule has 2 N–H and O–H groups in total. The number of carbonyl (C=O) groups excluding carboxylic acids is 1. The van der Waals surface area contributed by atoms with Crippen LogP contribution in [0, 0.1) is 30.6 Å². The Kier molecular flexibility index (Phi) is 7.94. The number of nitrogens with zero attached hydrogens (tertiary/aromatic N) is 2. The Bertz CT molecular complexity index is 1620. The van der Waals surface area contributed by atoms with Crippen LogP contribution in [0.4, 0.5) is 5.69 Å². The highest BCUT2D eigenvalue weighted by Crippen LogP contribution is 2.51. The molecule has 0 amide bonds. The van der Waals surface area contributed by atoms with E-state index in [1.165, 1.54) is 5.56 Å². The van der Waals surface area contributed by atoms with Gasteiger partial charge in [0.05, 0.1) is 17.6 Å². The smallest absolute Gasteiger partial charge is 0.162 e. The largest absolute Gasteiger partial charge is 0.384 e. The van der Waals surface area contributed by atoms with Crippen LogP contribution in [0.2, 0.25) is 5.02 Å². The minimum absolute atomic E-state index is 0.0774. The highest BCUT2D eigenvalue weighted by atomic mass is 79.9. The van der Waals surface area contributed by atoms with Crippen molar-refractivity contribution in [2.75, 3.05) is 4.90 Å². The maximum atomic E-state index is 14.0. The van der Waals surface area contributed by atoms with Crippen molar-refractivity contribution in [1.82, 2.24) is 0 Å². The van der Waals surface area contributed by atoms with Crippen LogP contribution in [0.25, 0.3) is 0 Å². The molecule has 0 aromatic heterocycles. The van der Waals surface area contributed by atoms with Crippen LogP contribution < -0.4 is 10.6 Å². The summed E-state index contributed by atoms with van der Waals surface area (Å²) < 4.78 is 0.902. The molecule has 1 aliphatic carbocycles. The highest BCUT2D eigenvalue weighted by Gasteiger charge is 2.45. The van der Waals surface area contributed by atoms with Gasteiger partial charge in [-0.15, -0.1) is 11.8 Å². The van der Waals surface area contributed by atoms with E-state index in [1.54, 1.807) is 11.8 Å². The molecule has 0 saturated heterocycles. The van der Waals surface area contributed by atoms with Crippen molar-refractivity contribution < 1.29 is 4.79 Å². The number of carbonyl (C=O) groups is 1. The van der Waals surface area contributed by atoms with Gasteiger partial charge in [-0.1, -0.05) is 59.6 Å². The number of anilines is 1. The predicted molar refractivity (Wildman–Crippen MR) is 168 cm³/mol. The fourth-order valence-corrected chi connectivity index (χ4v) is 7.28. The first kappa shape index (κ1) is 28.5. The summed E-state index contributed by atoms with van der Waals surface area (Å²) in [5.74, 6) is 0.707. The molecular weight excluding hydrogens is 602 g/mol. The fraction of sp³-hybridized carbons (Fsp3) is 0.273. The van der Waals surface area contributed by atoms with E-state index in [4.69, 9.17) is 17.3 Å². The van der Waals surface area contributed by atoms with Crippen molar-refractivity contribution in [1.29, 1.82) is 5.26 Å². The lowest BCUT2D eigenvalue weighted by Gasteiger charge is -2.44. The van der Waals surface area contributed by atoms with E-state index in [2.05, 4.69) is 61.8 Å². The van der Waals surface area contributed by atoms with Gasteiger partial charge in [0.1, 0.15) is 5.82 Å². The quantitative estimate of drug-likeness (QED) is 0.284. The summed E-state index contributed by atoms with van der Waals surface area (Å²) in [4.78, 5) is 17.0. The Morgan fingerprint density at radius 3 is 2.50 bits per heavy atom. The minimum atomic E-state index is -0.508. The molecule has 0 spiro atoms. The van der Waals surface area contributed by atoms with Crippen molar-refractivity contribution in [2.45, 2.75) is 57.1 Å². The summed E-state index contributed by atoms with van der Waals surface area (Å²) in [5.41, 5.74) is 13.8. The first-order valence-electron chi connectivity index (χ1n) is 13.2. The summed E-state index contributed by atoms with van der Waals surface area (Å²) in [6, 6.07) is 22.4. The monoisotopic (exact) mass is 631 g/mol. The molecular formula is C33H31BrClN3OS. The molecule has 7 heteroatoms. The van der Waals surface area contributed by atoms with Gasteiger partial charge in [-0.25, -0.2) is 0 Å². The van der Waals surface area contributed by atoms with Crippen molar-refractivity contribution in [2.24, 2.45) is 11.1 Å². The van der Waals surface area contributed by atoms with Gasteiger partial charge in [0.2, 0.25) is 0 Å². The Balaban J connectivity index is 1.66. The second-order valence-electron chi connectivity index (χ2n) is 11.3. The van der Waals surface area contributed by atoms with Gasteiger partial charge in [-0.05, 0) is 90.4 Å². The molecule has 1 atom stereocenters. The van der Waals surface area contributed by atoms with Gasteiger partial charge < -0.3 is 5.73 Å². The number of hydrogen-bond donors (Lipinski definition) is 1. The zero-order valence-corrected chi connectivity index (χ0v) is 26.2. The van der Waals surface area contributed by atoms with Crippen molar-refractivity contribution in [3.63, 3.8) is 0 Å². The van der Waals surface area contributed by atoms with Crippen molar-refractivity contribution >= 4 is 50.8 Å². The van der Waals surface area contributed by atoms with Crippen LogP contribution in [-0.2, 0) is 10.5 Å². The first-order chi connectivity index (χ1) is 19.0. The van der Waals surface area contributed by atoms with E-state index in [1.807, 2.05) is 53.4 Å². The molecule has 1 aliphatic heterocycles. The van der Waals surface area contributed by atoms with E-state index in [0.29, 0.717) is 34.8 Å². The van der Waals surface area contributed by atoms with Crippen LogP contribution >= 0.6 is 39.3 Å². The number of halogens is 2. The van der Waals surface area contributed by atoms with Gasteiger partial charge in [0, 0.05) is 43.5 Å². The zero-order chi connectivity index (χ0) is 28.8. The summed E-state index contributed by atoms with van der Waals surface area (Å²) in [5, 5.41) is 11.2. The standard InChI is InChI=1S/C33H31BrClN3OS/c1-19-12-20(2)26(13-21(19)18-40-25-10-8-23(35)9-11-25)30-27(17-36)32(37)38(24-7-5-6-22(34)14-24)28-15-33(3,4)16-29(39)31(28)30/h5-14,30H,15-16,18,37H2,1-4H3. The molecule has 5 rings (SSSR count). The van der Waals surface area contributed by atoms with E-state index >= 15 is 0 Å². The Hall–Kier alpha value is -2.98. The maximum absolute atomic E-state index is 14.0. The summed E-state index contributed by atoms with van der Waals surface area (Å²) in [6.45, 7) is 8.40. The van der Waals surface area contributed by atoms with Crippen molar-refractivity contribution in [3.05, 3.63) is 115 Å². The zero-order valence-electron chi connectivity index (χ0n) is 23.0. The lowest BCUT2D eigenvalue weighted by molar-refractivity contribution is -0.118. The topological polar surface area (TPSA) is 70.1 Å². The molecule has 3 aromatic carbocycles. The number of Topliss-reactive ketones (excluding diaryl/α,β-unsaturated/α-hetero) is 1. The lowest BCUT2D eigenvalue weighted by Crippen LogP contribution is -2.42. The highest BCUT2D eigenvalue weighted by molar-refractivity contribution is 9.10. The fourth-order valence-electron chi connectivity index (χ4n) is 5.80. The summed E-state index contributed by atoms with van der Waals surface area (Å²) >= 11 is 11.4. The first-order valence-corrected chi connectivity index (χ1v) is 15.3. The molecule has 0 radical (unpaired) electrons. The Morgan fingerprint density at radius 1 is 1.10 bits per heavy atom. The number of ketones is 1. The lowest BCUT2D eigenvalue weighted by atomic mass is 9.68. The molecule has 1 heterocycles. The number of thioether (sulfide) groups is 1. The van der Waals surface area contributed by atoms with Gasteiger partial charge in [-0.2, -0.15) is 5.26 Å². The molecule has 2 aliphatic rings. The average Bonchev–Trinajstić information content (AvgIpc) is 2.88. The Labute approximate surface area is 254 Å². The second-order valence-corrected chi connectivity index (χ2v) is 13.7. The van der Waals surface area contributed by atoms with Crippen LogP contribution in [-0.4, -0.2) is 5.78 Å². The van der Waals surface area contributed by atoms with Crippen LogP contribution in [0.5, 0.6) is 0 Å². The SMILES string of the molecule is Cc1cc(C)c(C2C(C#N)=C(N)N(c3cccc(Br)c3)C3=C2C(=O)CC(C)(C)C3)cc1CSc1ccc(Cl)cc1.